The lowest BCUT2D eigenvalue weighted by atomic mass is 10.1. The number of hydroxylamine groups is 2. The highest BCUT2D eigenvalue weighted by Crippen LogP contribution is 2.24. The Bertz CT molecular complexity index is 405. The lowest BCUT2D eigenvalue weighted by molar-refractivity contribution is -0.144. The van der Waals surface area contributed by atoms with Crippen molar-refractivity contribution in [2.45, 2.75) is 12.8 Å². The Morgan fingerprint density at radius 3 is 2.33 bits per heavy atom. The van der Waals surface area contributed by atoms with Gasteiger partial charge < -0.3 is 9.47 Å². The SMILES string of the molecule is COc1cc(OC)cc(C(=O)N2CCCCO2)c1. The summed E-state index contributed by atoms with van der Waals surface area (Å²) in [6.07, 6.45) is 1.96. The first-order valence-corrected chi connectivity index (χ1v) is 5.92. The Labute approximate surface area is 106 Å². The van der Waals surface area contributed by atoms with E-state index in [4.69, 9.17) is 14.3 Å². The van der Waals surface area contributed by atoms with Crippen LogP contribution < -0.4 is 9.47 Å². The number of carbonyl (C=O) groups is 1. The van der Waals surface area contributed by atoms with Crippen molar-refractivity contribution in [1.82, 2.24) is 5.06 Å². The molecule has 0 atom stereocenters. The number of hydrogen-bond acceptors (Lipinski definition) is 4. The molecule has 0 saturated carbocycles. The van der Waals surface area contributed by atoms with Crippen LogP contribution in [0.1, 0.15) is 23.2 Å². The number of nitrogens with zero attached hydrogens (tertiary/aromatic N) is 1. The van der Waals surface area contributed by atoms with E-state index in [0.717, 1.165) is 12.8 Å². The van der Waals surface area contributed by atoms with Crippen LogP contribution in [0.2, 0.25) is 0 Å². The van der Waals surface area contributed by atoms with Gasteiger partial charge in [0, 0.05) is 18.2 Å². The predicted molar refractivity (Wildman–Crippen MR) is 65.8 cm³/mol. The van der Waals surface area contributed by atoms with Crippen LogP contribution in [0.3, 0.4) is 0 Å². The fraction of sp³-hybridized carbons (Fsp3) is 0.462. The molecular weight excluding hydrogens is 234 g/mol. The quantitative estimate of drug-likeness (QED) is 0.823. The number of benzene rings is 1. The van der Waals surface area contributed by atoms with E-state index in [9.17, 15) is 4.79 Å². The van der Waals surface area contributed by atoms with Gasteiger partial charge in [-0.15, -0.1) is 0 Å². The second-order valence-corrected chi connectivity index (χ2v) is 4.05. The standard InChI is InChI=1S/C13H17NO4/c1-16-11-7-10(8-12(9-11)17-2)13(15)14-5-3-4-6-18-14/h7-9H,3-6H2,1-2H3. The summed E-state index contributed by atoms with van der Waals surface area (Å²) in [5, 5.41) is 1.40. The largest absolute Gasteiger partial charge is 0.497 e. The van der Waals surface area contributed by atoms with Crippen molar-refractivity contribution in [2.75, 3.05) is 27.4 Å². The molecule has 0 aromatic heterocycles. The third-order valence-corrected chi connectivity index (χ3v) is 2.83. The van der Waals surface area contributed by atoms with E-state index in [2.05, 4.69) is 0 Å². The van der Waals surface area contributed by atoms with Crippen LogP contribution in [0, 0.1) is 0 Å². The van der Waals surface area contributed by atoms with Gasteiger partial charge >= 0.3 is 0 Å². The van der Waals surface area contributed by atoms with Crippen LogP contribution in [0.15, 0.2) is 18.2 Å². The summed E-state index contributed by atoms with van der Waals surface area (Å²) in [6.45, 7) is 1.21. The average molecular weight is 251 g/mol. The van der Waals surface area contributed by atoms with Gasteiger partial charge in [0.15, 0.2) is 0 Å². The van der Waals surface area contributed by atoms with E-state index in [1.165, 1.54) is 5.06 Å². The fourth-order valence-corrected chi connectivity index (χ4v) is 1.83. The minimum Gasteiger partial charge on any atom is -0.497 e. The second kappa shape index (κ2) is 5.73. The van der Waals surface area contributed by atoms with Gasteiger partial charge in [-0.3, -0.25) is 9.63 Å². The Morgan fingerprint density at radius 1 is 1.17 bits per heavy atom. The number of ether oxygens (including phenoxy) is 2. The number of amides is 1. The highest BCUT2D eigenvalue weighted by atomic mass is 16.7. The molecule has 0 unspecified atom stereocenters. The van der Waals surface area contributed by atoms with Gasteiger partial charge in [0.25, 0.3) is 5.91 Å². The third-order valence-electron chi connectivity index (χ3n) is 2.83. The number of methoxy groups -OCH3 is 2. The van der Waals surface area contributed by atoms with Gasteiger partial charge in [0.2, 0.25) is 0 Å². The molecule has 1 amide bonds. The van der Waals surface area contributed by atoms with E-state index in [1.54, 1.807) is 32.4 Å². The summed E-state index contributed by atoms with van der Waals surface area (Å²) < 4.78 is 10.3. The first-order chi connectivity index (χ1) is 8.74. The van der Waals surface area contributed by atoms with Crippen molar-refractivity contribution in [3.63, 3.8) is 0 Å². The zero-order valence-corrected chi connectivity index (χ0v) is 10.6. The maximum absolute atomic E-state index is 12.2. The van der Waals surface area contributed by atoms with E-state index in [-0.39, 0.29) is 5.91 Å². The van der Waals surface area contributed by atoms with Gasteiger partial charge in [-0.1, -0.05) is 0 Å². The Kier molecular flexibility index (Phi) is 4.04. The minimum absolute atomic E-state index is 0.160. The van der Waals surface area contributed by atoms with Gasteiger partial charge in [-0.25, -0.2) is 5.06 Å². The van der Waals surface area contributed by atoms with Crippen LogP contribution in [0.4, 0.5) is 0 Å². The maximum atomic E-state index is 12.2. The van der Waals surface area contributed by atoms with Crippen molar-refractivity contribution in [2.24, 2.45) is 0 Å². The van der Waals surface area contributed by atoms with Crippen molar-refractivity contribution < 1.29 is 19.1 Å². The zero-order valence-electron chi connectivity index (χ0n) is 10.6. The van der Waals surface area contributed by atoms with Crippen molar-refractivity contribution >= 4 is 5.91 Å². The molecule has 5 nitrogen and oxygen atoms in total. The smallest absolute Gasteiger partial charge is 0.277 e. The molecule has 1 aromatic rings. The van der Waals surface area contributed by atoms with E-state index >= 15 is 0 Å². The molecule has 0 radical (unpaired) electrons. The van der Waals surface area contributed by atoms with Gasteiger partial charge in [-0.2, -0.15) is 0 Å². The van der Waals surface area contributed by atoms with E-state index in [0.29, 0.717) is 30.2 Å². The fourth-order valence-electron chi connectivity index (χ4n) is 1.83. The molecule has 1 aromatic carbocycles. The number of rotatable bonds is 3. The topological polar surface area (TPSA) is 48.0 Å². The number of carbonyl (C=O) groups excluding carboxylic acids is 1. The lowest BCUT2D eigenvalue weighted by Gasteiger charge is -2.26. The van der Waals surface area contributed by atoms with Crippen molar-refractivity contribution in [1.29, 1.82) is 0 Å². The molecule has 1 aliphatic heterocycles. The van der Waals surface area contributed by atoms with Crippen LogP contribution in [-0.4, -0.2) is 38.3 Å². The molecule has 0 aliphatic carbocycles. The summed E-state index contributed by atoms with van der Waals surface area (Å²) in [5.41, 5.74) is 0.508. The van der Waals surface area contributed by atoms with Gasteiger partial charge in [0.05, 0.1) is 20.8 Å². The van der Waals surface area contributed by atoms with Gasteiger partial charge in [0.1, 0.15) is 11.5 Å². The van der Waals surface area contributed by atoms with Crippen LogP contribution in [0.25, 0.3) is 0 Å². The zero-order chi connectivity index (χ0) is 13.0. The Hall–Kier alpha value is -1.75. The molecule has 98 valence electrons. The molecule has 1 fully saturated rings. The first-order valence-electron chi connectivity index (χ1n) is 5.92. The third kappa shape index (κ3) is 2.73. The van der Waals surface area contributed by atoms with Crippen LogP contribution >= 0.6 is 0 Å². The summed E-state index contributed by atoms with van der Waals surface area (Å²) in [6, 6.07) is 5.10. The molecule has 5 heteroatoms. The summed E-state index contributed by atoms with van der Waals surface area (Å²) in [5.74, 6) is 1.02. The average Bonchev–Trinajstić information content (AvgIpc) is 2.46. The predicted octanol–water partition coefficient (Wildman–Crippen LogP) is 1.87. The highest BCUT2D eigenvalue weighted by molar-refractivity contribution is 5.94. The Morgan fingerprint density at radius 2 is 1.83 bits per heavy atom. The van der Waals surface area contributed by atoms with Gasteiger partial charge in [-0.05, 0) is 25.0 Å². The molecule has 0 N–H and O–H groups in total. The molecule has 1 heterocycles. The second-order valence-electron chi connectivity index (χ2n) is 4.05. The monoisotopic (exact) mass is 251 g/mol. The maximum Gasteiger partial charge on any atom is 0.277 e. The normalized spacial score (nSPS) is 15.3. The van der Waals surface area contributed by atoms with Crippen LogP contribution in [0.5, 0.6) is 11.5 Å². The molecule has 0 spiro atoms. The molecule has 0 bridgehead atoms. The lowest BCUT2D eigenvalue weighted by Crippen LogP contribution is -2.35. The summed E-state index contributed by atoms with van der Waals surface area (Å²) in [4.78, 5) is 17.6. The van der Waals surface area contributed by atoms with Crippen molar-refractivity contribution in [3.05, 3.63) is 23.8 Å². The molecule has 2 rings (SSSR count). The van der Waals surface area contributed by atoms with Crippen molar-refractivity contribution in [3.8, 4) is 11.5 Å². The van der Waals surface area contributed by atoms with Crippen LogP contribution in [-0.2, 0) is 4.84 Å². The molecular formula is C13H17NO4. The summed E-state index contributed by atoms with van der Waals surface area (Å²) >= 11 is 0. The van der Waals surface area contributed by atoms with E-state index in [1.807, 2.05) is 0 Å². The molecule has 1 aliphatic rings. The van der Waals surface area contributed by atoms with E-state index < -0.39 is 0 Å². The summed E-state index contributed by atoms with van der Waals surface area (Å²) in [7, 11) is 3.11. The first kappa shape index (κ1) is 12.7. The molecule has 1 saturated heterocycles. The molecule has 18 heavy (non-hydrogen) atoms. The Balaban J connectivity index is 2.22. The highest BCUT2D eigenvalue weighted by Gasteiger charge is 2.20. The minimum atomic E-state index is -0.160. The number of hydrogen-bond donors (Lipinski definition) is 0.